The van der Waals surface area contributed by atoms with Crippen molar-refractivity contribution in [3.05, 3.63) is 82.8 Å². The first kappa shape index (κ1) is 18.4. The molecule has 0 aliphatic heterocycles. The first-order valence-corrected chi connectivity index (χ1v) is 10.1. The Kier molecular flexibility index (Phi) is 5.53. The van der Waals surface area contributed by atoms with Crippen LogP contribution in [0.3, 0.4) is 0 Å². The van der Waals surface area contributed by atoms with E-state index < -0.39 is 0 Å². The summed E-state index contributed by atoms with van der Waals surface area (Å²) in [6.45, 7) is 0. The number of nitrogens with zero attached hydrogens (tertiary/aromatic N) is 1. The summed E-state index contributed by atoms with van der Waals surface area (Å²) in [7, 11) is 0. The lowest BCUT2D eigenvalue weighted by molar-refractivity contribution is -0.116. The predicted molar refractivity (Wildman–Crippen MR) is 117 cm³/mol. The molecular formula is C23H20BrN3O. The van der Waals surface area contributed by atoms with Gasteiger partial charge >= 0.3 is 0 Å². The largest absolute Gasteiger partial charge is 0.338 e. The maximum atomic E-state index is 12.2. The van der Waals surface area contributed by atoms with Crippen molar-refractivity contribution in [2.45, 2.75) is 19.3 Å². The van der Waals surface area contributed by atoms with Crippen LogP contribution in [0.4, 0.5) is 5.69 Å². The summed E-state index contributed by atoms with van der Waals surface area (Å²) in [5.41, 5.74) is 4.95. The third-order valence-corrected chi connectivity index (χ3v) is 5.09. The second kappa shape index (κ2) is 8.40. The van der Waals surface area contributed by atoms with Crippen LogP contribution in [0.1, 0.15) is 18.4 Å². The summed E-state index contributed by atoms with van der Waals surface area (Å²) in [6.07, 6.45) is 2.26. The maximum Gasteiger partial charge on any atom is 0.224 e. The van der Waals surface area contributed by atoms with E-state index in [1.807, 2.05) is 60.7 Å². The van der Waals surface area contributed by atoms with Crippen LogP contribution >= 0.6 is 15.9 Å². The number of hydrogen-bond acceptors (Lipinski definition) is 2. The minimum atomic E-state index is 0.0391. The Labute approximate surface area is 172 Å². The number of imidazole rings is 1. The molecule has 4 nitrogen and oxygen atoms in total. The third kappa shape index (κ3) is 4.49. The molecular weight excluding hydrogens is 414 g/mol. The number of aryl methyl sites for hydroxylation is 1. The quantitative estimate of drug-likeness (QED) is 0.394. The fraction of sp³-hybridized carbons (Fsp3) is 0.130. The molecule has 2 N–H and O–H groups in total. The first-order valence-electron chi connectivity index (χ1n) is 9.27. The van der Waals surface area contributed by atoms with Crippen LogP contribution in [0.2, 0.25) is 0 Å². The summed E-state index contributed by atoms with van der Waals surface area (Å²) in [5.74, 6) is 0.853. The highest BCUT2D eigenvalue weighted by atomic mass is 79.9. The summed E-state index contributed by atoms with van der Waals surface area (Å²) in [6, 6.07) is 23.9. The van der Waals surface area contributed by atoms with Crippen molar-refractivity contribution in [2.24, 2.45) is 0 Å². The van der Waals surface area contributed by atoms with Crippen LogP contribution in [0.25, 0.3) is 22.4 Å². The number of aromatic nitrogens is 2. The van der Waals surface area contributed by atoms with E-state index >= 15 is 0 Å². The van der Waals surface area contributed by atoms with Crippen LogP contribution in [0, 0.1) is 0 Å². The van der Waals surface area contributed by atoms with Gasteiger partial charge in [0.2, 0.25) is 5.91 Å². The van der Waals surface area contributed by atoms with Crippen molar-refractivity contribution in [3.63, 3.8) is 0 Å². The molecule has 0 radical (unpaired) electrons. The molecule has 0 saturated heterocycles. The Balaban J connectivity index is 1.35. The summed E-state index contributed by atoms with van der Waals surface area (Å²) >= 11 is 3.47. The fourth-order valence-electron chi connectivity index (χ4n) is 3.15. The number of aromatic amines is 1. The smallest absolute Gasteiger partial charge is 0.224 e. The predicted octanol–water partition coefficient (Wildman–Crippen LogP) is 5.95. The Morgan fingerprint density at radius 1 is 1.00 bits per heavy atom. The summed E-state index contributed by atoms with van der Waals surface area (Å²) < 4.78 is 1.01. The number of amides is 1. The van der Waals surface area contributed by atoms with E-state index in [1.165, 1.54) is 5.56 Å². The monoisotopic (exact) mass is 433 g/mol. The van der Waals surface area contributed by atoms with Crippen LogP contribution < -0.4 is 5.32 Å². The van der Waals surface area contributed by atoms with Gasteiger partial charge in [-0.25, -0.2) is 4.98 Å². The van der Waals surface area contributed by atoms with E-state index in [-0.39, 0.29) is 5.91 Å². The van der Waals surface area contributed by atoms with Gasteiger partial charge in [-0.15, -0.1) is 0 Å². The lowest BCUT2D eigenvalue weighted by Gasteiger charge is -2.06. The number of H-pyrrole nitrogens is 1. The molecule has 1 amide bonds. The highest BCUT2D eigenvalue weighted by molar-refractivity contribution is 9.10. The molecule has 0 fully saturated rings. The van der Waals surface area contributed by atoms with Crippen LogP contribution in [0.15, 0.2) is 77.3 Å². The maximum absolute atomic E-state index is 12.2. The highest BCUT2D eigenvalue weighted by Crippen LogP contribution is 2.24. The van der Waals surface area contributed by atoms with Gasteiger partial charge in [-0.3, -0.25) is 4.79 Å². The number of anilines is 1. The summed E-state index contributed by atoms with van der Waals surface area (Å²) in [4.78, 5) is 20.1. The number of hydrogen-bond donors (Lipinski definition) is 2. The number of carbonyl (C=O) groups is 1. The lowest BCUT2D eigenvalue weighted by atomic mass is 10.1. The molecule has 4 rings (SSSR count). The molecule has 0 bridgehead atoms. The molecule has 28 heavy (non-hydrogen) atoms. The molecule has 0 unspecified atom stereocenters. The molecule has 0 spiro atoms. The Hall–Kier alpha value is -2.92. The fourth-order valence-corrected chi connectivity index (χ4v) is 3.51. The zero-order valence-electron chi connectivity index (χ0n) is 15.3. The second-order valence-electron chi connectivity index (χ2n) is 6.71. The highest BCUT2D eigenvalue weighted by Gasteiger charge is 2.07. The molecule has 5 heteroatoms. The van der Waals surface area contributed by atoms with Crippen molar-refractivity contribution in [1.82, 2.24) is 9.97 Å². The van der Waals surface area contributed by atoms with E-state index in [4.69, 9.17) is 0 Å². The molecule has 3 aromatic carbocycles. The van der Waals surface area contributed by atoms with Gasteiger partial charge in [0.1, 0.15) is 5.82 Å². The van der Waals surface area contributed by atoms with Crippen molar-refractivity contribution >= 4 is 38.6 Å². The lowest BCUT2D eigenvalue weighted by Crippen LogP contribution is -2.11. The van der Waals surface area contributed by atoms with Gasteiger partial charge in [0.05, 0.1) is 11.0 Å². The Morgan fingerprint density at radius 2 is 1.79 bits per heavy atom. The second-order valence-corrected chi connectivity index (χ2v) is 7.63. The van der Waals surface area contributed by atoms with Crippen molar-refractivity contribution < 1.29 is 4.79 Å². The van der Waals surface area contributed by atoms with E-state index in [1.54, 1.807) is 0 Å². The van der Waals surface area contributed by atoms with Gasteiger partial charge in [-0.05, 0) is 60.9 Å². The molecule has 0 saturated carbocycles. The van der Waals surface area contributed by atoms with Crippen molar-refractivity contribution in [2.75, 3.05) is 5.32 Å². The molecule has 0 aliphatic rings. The SMILES string of the molecule is O=C(CCCc1ccccc1)Nc1ccc(-c2nc3ccc(Br)cc3[nH]2)cc1. The van der Waals surface area contributed by atoms with Gasteiger partial charge in [0.15, 0.2) is 0 Å². The van der Waals surface area contributed by atoms with E-state index in [0.29, 0.717) is 6.42 Å². The van der Waals surface area contributed by atoms with E-state index in [0.717, 1.165) is 45.4 Å². The first-order chi connectivity index (χ1) is 13.7. The normalized spacial score (nSPS) is 10.9. The number of rotatable bonds is 6. The van der Waals surface area contributed by atoms with Gasteiger partial charge in [-0.1, -0.05) is 46.3 Å². The van der Waals surface area contributed by atoms with Gasteiger partial charge < -0.3 is 10.3 Å². The van der Waals surface area contributed by atoms with Gasteiger partial charge in [0.25, 0.3) is 0 Å². The van der Waals surface area contributed by atoms with Crippen molar-refractivity contribution in [1.29, 1.82) is 0 Å². The van der Waals surface area contributed by atoms with Gasteiger partial charge in [-0.2, -0.15) is 0 Å². The number of benzene rings is 3. The minimum absolute atomic E-state index is 0.0391. The molecule has 140 valence electrons. The zero-order chi connectivity index (χ0) is 19.3. The van der Waals surface area contributed by atoms with Crippen LogP contribution in [-0.2, 0) is 11.2 Å². The van der Waals surface area contributed by atoms with Crippen molar-refractivity contribution in [3.8, 4) is 11.4 Å². The number of nitrogens with one attached hydrogen (secondary N) is 2. The average molecular weight is 434 g/mol. The number of halogens is 1. The van der Waals surface area contributed by atoms with E-state index in [9.17, 15) is 4.79 Å². The number of carbonyl (C=O) groups excluding carboxylic acids is 1. The Bertz CT molecular complexity index is 1090. The molecule has 0 aliphatic carbocycles. The number of fused-ring (bicyclic) bond motifs is 1. The van der Waals surface area contributed by atoms with E-state index in [2.05, 4.69) is 43.3 Å². The van der Waals surface area contributed by atoms with Gasteiger partial charge in [0, 0.05) is 22.1 Å². The topological polar surface area (TPSA) is 57.8 Å². The standard InChI is InChI=1S/C23H20BrN3O/c24-18-11-14-20-21(15-18)27-23(26-20)17-9-12-19(13-10-17)25-22(28)8-4-7-16-5-2-1-3-6-16/h1-3,5-6,9-15H,4,7-8H2,(H,25,28)(H,26,27). The molecule has 0 atom stereocenters. The van der Waals surface area contributed by atoms with Crippen LogP contribution in [0.5, 0.6) is 0 Å². The molecule has 4 aromatic rings. The minimum Gasteiger partial charge on any atom is -0.338 e. The molecule has 1 heterocycles. The Morgan fingerprint density at radius 3 is 2.57 bits per heavy atom. The zero-order valence-corrected chi connectivity index (χ0v) is 16.9. The molecule has 1 aromatic heterocycles. The summed E-state index contributed by atoms with van der Waals surface area (Å²) in [5, 5.41) is 2.97. The average Bonchev–Trinajstić information content (AvgIpc) is 3.12. The van der Waals surface area contributed by atoms with Crippen LogP contribution in [-0.4, -0.2) is 15.9 Å². The third-order valence-electron chi connectivity index (χ3n) is 4.60.